The predicted molar refractivity (Wildman–Crippen MR) is 137 cm³/mol. The van der Waals surface area contributed by atoms with Crippen LogP contribution in [0.3, 0.4) is 0 Å². The van der Waals surface area contributed by atoms with E-state index in [1.165, 1.54) is 0 Å². The summed E-state index contributed by atoms with van der Waals surface area (Å²) in [4.78, 5) is 34.9. The Kier molecular flexibility index (Phi) is 8.74. The van der Waals surface area contributed by atoms with E-state index in [9.17, 15) is 14.0 Å². The molecule has 0 spiro atoms. The Morgan fingerprint density at radius 1 is 1.31 bits per heavy atom. The van der Waals surface area contributed by atoms with E-state index < -0.39 is 5.67 Å². The van der Waals surface area contributed by atoms with Gasteiger partial charge in [0.25, 0.3) is 5.91 Å². The molecule has 0 bridgehead atoms. The van der Waals surface area contributed by atoms with Gasteiger partial charge in [-0.15, -0.1) is 0 Å². The molecule has 1 aromatic heterocycles. The van der Waals surface area contributed by atoms with Gasteiger partial charge in [-0.05, 0) is 75.8 Å². The van der Waals surface area contributed by atoms with Crippen LogP contribution in [0.4, 0.5) is 10.2 Å². The molecule has 0 aromatic carbocycles. The monoisotopic (exact) mass is 499 g/mol. The number of rotatable bonds is 10. The quantitative estimate of drug-likeness (QED) is 0.393. The van der Waals surface area contributed by atoms with Crippen LogP contribution in [-0.4, -0.2) is 78.3 Å². The molecular formula is C27H38FN5O3. The van der Waals surface area contributed by atoms with E-state index >= 15 is 0 Å². The first kappa shape index (κ1) is 26.3. The average Bonchev–Trinajstić information content (AvgIpc) is 2.92. The van der Waals surface area contributed by atoms with Crippen LogP contribution in [-0.2, 0) is 16.0 Å². The summed E-state index contributed by atoms with van der Waals surface area (Å²) in [5, 5.41) is 3.41. The molecular weight excluding hydrogens is 461 g/mol. The number of hydrogen-bond acceptors (Lipinski definition) is 6. The van der Waals surface area contributed by atoms with Gasteiger partial charge in [0, 0.05) is 50.9 Å². The Labute approximate surface area is 213 Å². The Morgan fingerprint density at radius 3 is 2.83 bits per heavy atom. The Hall–Kier alpha value is -2.78. The highest BCUT2D eigenvalue weighted by Gasteiger charge is 2.35. The van der Waals surface area contributed by atoms with Gasteiger partial charge in [0.15, 0.2) is 0 Å². The lowest BCUT2D eigenvalue weighted by Crippen LogP contribution is -2.45. The molecule has 1 aromatic rings. The second-order valence-electron chi connectivity index (χ2n) is 9.67. The lowest BCUT2D eigenvalue weighted by Gasteiger charge is -2.36. The zero-order chi connectivity index (χ0) is 25.5. The number of pyridine rings is 1. The minimum Gasteiger partial charge on any atom is -0.382 e. The van der Waals surface area contributed by atoms with Crippen molar-refractivity contribution in [2.45, 2.75) is 64.2 Å². The van der Waals surface area contributed by atoms with E-state index in [4.69, 9.17) is 9.72 Å². The van der Waals surface area contributed by atoms with Gasteiger partial charge in [-0.1, -0.05) is 6.92 Å². The molecule has 1 unspecified atom stereocenters. The lowest BCUT2D eigenvalue weighted by atomic mass is 9.90. The number of fused-ring (bicyclic) bond motifs is 1. The van der Waals surface area contributed by atoms with Gasteiger partial charge >= 0.3 is 0 Å². The second kappa shape index (κ2) is 12.0. The molecule has 8 nitrogen and oxygen atoms in total. The normalized spacial score (nSPS) is 21.2. The summed E-state index contributed by atoms with van der Waals surface area (Å²) in [5.74, 6) is 0.769. The van der Waals surface area contributed by atoms with Crippen molar-refractivity contribution in [1.29, 1.82) is 0 Å². The topological polar surface area (TPSA) is 78.0 Å². The molecule has 1 N–H and O–H groups in total. The molecule has 4 heterocycles. The lowest BCUT2D eigenvalue weighted by molar-refractivity contribution is -0.117. The van der Waals surface area contributed by atoms with Crippen LogP contribution in [0, 0.1) is 0 Å². The van der Waals surface area contributed by atoms with Crippen LogP contribution < -0.4 is 10.2 Å². The minimum atomic E-state index is -1.15. The van der Waals surface area contributed by atoms with Crippen LogP contribution in [0.2, 0.25) is 0 Å². The molecule has 1 atom stereocenters. The number of anilines is 1. The number of alkyl halides is 1. The molecule has 2 amide bonds. The highest BCUT2D eigenvalue weighted by atomic mass is 19.1. The number of halogens is 1. The van der Waals surface area contributed by atoms with Crippen molar-refractivity contribution >= 4 is 18.1 Å². The Bertz CT molecular complexity index is 990. The molecule has 0 aliphatic carbocycles. The third kappa shape index (κ3) is 5.95. The summed E-state index contributed by atoms with van der Waals surface area (Å²) in [5.41, 5.74) is 1.42. The maximum Gasteiger partial charge on any atom is 0.255 e. The average molecular weight is 500 g/mol. The fraction of sp³-hybridized carbons (Fsp3) is 0.593. The minimum absolute atomic E-state index is 0.0738. The fourth-order valence-corrected chi connectivity index (χ4v) is 5.05. The van der Waals surface area contributed by atoms with E-state index in [1.54, 1.807) is 22.2 Å². The summed E-state index contributed by atoms with van der Waals surface area (Å²) < 4.78 is 20.0. The van der Waals surface area contributed by atoms with Crippen LogP contribution in [0.5, 0.6) is 0 Å². The summed E-state index contributed by atoms with van der Waals surface area (Å²) in [6.45, 7) is 7.63. The number of allylic oxidation sites excluding steroid dienone is 1. The van der Waals surface area contributed by atoms with Crippen molar-refractivity contribution in [1.82, 2.24) is 20.1 Å². The maximum atomic E-state index is 14.6. The summed E-state index contributed by atoms with van der Waals surface area (Å²) in [6.07, 6.45) is 11.9. The number of nitrogens with one attached hydrogen (secondary N) is 1. The zero-order valence-electron chi connectivity index (χ0n) is 21.4. The standard InChI is InChI=1S/C27H38FN5O3/c1-3-27(28)9-14-31(15-10-27)26(35)22-17-21-7-5-12-33(25(21)30-19-22)23-8-13-32(20-34)24(18-23)29-11-6-16-36-4-2/h8,13,17-20,24,29H,3-7,9-12,14-16H2,1-2H3. The van der Waals surface area contributed by atoms with Gasteiger partial charge in [-0.25, -0.2) is 9.37 Å². The van der Waals surface area contributed by atoms with Gasteiger partial charge in [0.2, 0.25) is 6.41 Å². The van der Waals surface area contributed by atoms with Crippen molar-refractivity contribution in [3.63, 3.8) is 0 Å². The fourth-order valence-electron chi connectivity index (χ4n) is 5.05. The van der Waals surface area contributed by atoms with Gasteiger partial charge in [0.05, 0.1) is 5.56 Å². The highest BCUT2D eigenvalue weighted by Crippen LogP contribution is 2.32. The van der Waals surface area contributed by atoms with Crippen LogP contribution in [0.1, 0.15) is 61.9 Å². The largest absolute Gasteiger partial charge is 0.382 e. The number of amides is 2. The molecule has 3 aliphatic rings. The number of nitrogens with zero attached hydrogens (tertiary/aromatic N) is 4. The number of carbonyl (C=O) groups excluding carboxylic acids is 2. The van der Waals surface area contributed by atoms with Crippen LogP contribution >= 0.6 is 0 Å². The Morgan fingerprint density at radius 2 is 2.11 bits per heavy atom. The molecule has 4 rings (SSSR count). The number of likely N-dealkylation sites (tertiary alicyclic amines) is 1. The third-order valence-electron chi connectivity index (χ3n) is 7.38. The first-order chi connectivity index (χ1) is 17.5. The van der Waals surface area contributed by atoms with Gasteiger partial charge in [-0.3, -0.25) is 14.9 Å². The van der Waals surface area contributed by atoms with E-state index in [2.05, 4.69) is 10.2 Å². The van der Waals surface area contributed by atoms with Crippen molar-refractivity contribution in [2.75, 3.05) is 44.3 Å². The first-order valence-electron chi connectivity index (χ1n) is 13.2. The molecule has 9 heteroatoms. The van der Waals surface area contributed by atoms with Crippen molar-refractivity contribution in [3.05, 3.63) is 47.4 Å². The number of aromatic nitrogens is 1. The molecule has 1 fully saturated rings. The van der Waals surface area contributed by atoms with Crippen molar-refractivity contribution in [3.8, 4) is 0 Å². The van der Waals surface area contributed by atoms with E-state index in [0.29, 0.717) is 51.1 Å². The van der Waals surface area contributed by atoms with Gasteiger partial charge in [-0.2, -0.15) is 0 Å². The van der Waals surface area contributed by atoms with Gasteiger partial charge < -0.3 is 19.4 Å². The van der Waals surface area contributed by atoms with Crippen LogP contribution in [0.25, 0.3) is 0 Å². The first-order valence-corrected chi connectivity index (χ1v) is 13.2. The number of hydrogen-bond donors (Lipinski definition) is 1. The number of ether oxygens (including phenoxy) is 1. The molecule has 36 heavy (non-hydrogen) atoms. The number of aryl methyl sites for hydroxylation is 1. The van der Waals surface area contributed by atoms with Crippen molar-refractivity contribution < 1.29 is 18.7 Å². The second-order valence-corrected chi connectivity index (χ2v) is 9.67. The smallest absolute Gasteiger partial charge is 0.255 e. The zero-order valence-corrected chi connectivity index (χ0v) is 21.4. The Balaban J connectivity index is 1.46. The van der Waals surface area contributed by atoms with Crippen molar-refractivity contribution in [2.24, 2.45) is 0 Å². The molecule has 0 saturated carbocycles. The van der Waals surface area contributed by atoms with Gasteiger partial charge in [0.1, 0.15) is 17.7 Å². The summed E-state index contributed by atoms with van der Waals surface area (Å²) in [7, 11) is 0. The van der Waals surface area contributed by atoms with E-state index in [1.807, 2.05) is 32.1 Å². The maximum absolute atomic E-state index is 14.6. The SMILES string of the molecule is CCOCCCNC1C=C(N2CCCc3cc(C(=O)N4CCC(F)(CC)CC4)cnc32)C=CN1C=O. The third-order valence-corrected chi connectivity index (χ3v) is 7.38. The summed E-state index contributed by atoms with van der Waals surface area (Å²) >= 11 is 0. The van der Waals surface area contributed by atoms with E-state index in [-0.39, 0.29) is 12.1 Å². The van der Waals surface area contributed by atoms with E-state index in [0.717, 1.165) is 55.8 Å². The highest BCUT2D eigenvalue weighted by molar-refractivity contribution is 5.94. The number of piperidine rings is 1. The molecule has 3 aliphatic heterocycles. The molecule has 196 valence electrons. The molecule has 1 saturated heterocycles. The summed E-state index contributed by atoms with van der Waals surface area (Å²) in [6, 6.07) is 1.95. The van der Waals surface area contributed by atoms with Crippen LogP contribution in [0.15, 0.2) is 36.3 Å². The number of carbonyl (C=O) groups is 2. The predicted octanol–water partition coefficient (Wildman–Crippen LogP) is 3.40. The molecule has 0 radical (unpaired) electrons.